The highest BCUT2D eigenvalue weighted by Crippen LogP contribution is 2.29. The van der Waals surface area contributed by atoms with Crippen molar-refractivity contribution < 1.29 is 23.2 Å². The predicted molar refractivity (Wildman–Crippen MR) is 77.0 cm³/mol. The summed E-state index contributed by atoms with van der Waals surface area (Å²) in [4.78, 5) is 21.1. The maximum Gasteiger partial charge on any atom is 0.307 e. The maximum atomic E-state index is 12.7. The Kier molecular flexibility index (Phi) is 4.47. The average Bonchev–Trinajstić information content (AvgIpc) is 2.97. The zero-order valence-electron chi connectivity index (χ0n) is 11.9. The number of sulfonamides is 1. The van der Waals surface area contributed by atoms with Gasteiger partial charge in [0.25, 0.3) is 5.69 Å². The number of nitro groups is 1. The van der Waals surface area contributed by atoms with Crippen molar-refractivity contribution >= 4 is 21.7 Å². The summed E-state index contributed by atoms with van der Waals surface area (Å²) in [7, 11) is -3.94. The summed E-state index contributed by atoms with van der Waals surface area (Å²) in [5, 5.41) is 19.8. The SMILES string of the molecule is CCc1ccc([N+](=O)[O-])cc1S(=O)(=O)N1CCC(C(=O)O)C1. The Labute approximate surface area is 127 Å². The van der Waals surface area contributed by atoms with Gasteiger partial charge in [-0.05, 0) is 18.4 Å². The van der Waals surface area contributed by atoms with Crippen molar-refractivity contribution in [2.24, 2.45) is 5.92 Å². The molecule has 9 heteroatoms. The molecule has 1 N–H and O–H groups in total. The molecule has 0 aliphatic carbocycles. The number of benzene rings is 1. The molecule has 1 fully saturated rings. The lowest BCUT2D eigenvalue weighted by Gasteiger charge is -2.18. The van der Waals surface area contributed by atoms with Crippen molar-refractivity contribution in [3.05, 3.63) is 33.9 Å². The number of hydrogen-bond donors (Lipinski definition) is 1. The number of carboxylic acids is 1. The highest BCUT2D eigenvalue weighted by atomic mass is 32.2. The number of carbonyl (C=O) groups is 1. The van der Waals surface area contributed by atoms with Crippen molar-refractivity contribution in [3.63, 3.8) is 0 Å². The summed E-state index contributed by atoms with van der Waals surface area (Å²) < 4.78 is 26.4. The largest absolute Gasteiger partial charge is 0.481 e. The first-order valence-electron chi connectivity index (χ1n) is 6.77. The maximum absolute atomic E-state index is 12.7. The van der Waals surface area contributed by atoms with E-state index in [0.717, 1.165) is 10.4 Å². The highest BCUT2D eigenvalue weighted by Gasteiger charge is 2.37. The van der Waals surface area contributed by atoms with Gasteiger partial charge >= 0.3 is 5.97 Å². The van der Waals surface area contributed by atoms with E-state index in [9.17, 15) is 23.3 Å². The molecule has 8 nitrogen and oxygen atoms in total. The molecule has 2 rings (SSSR count). The van der Waals surface area contributed by atoms with E-state index in [4.69, 9.17) is 5.11 Å². The molecule has 1 aromatic carbocycles. The Morgan fingerprint density at radius 1 is 1.50 bits per heavy atom. The van der Waals surface area contributed by atoms with Gasteiger partial charge in [0.05, 0.1) is 15.7 Å². The number of nitrogens with zero attached hydrogens (tertiary/aromatic N) is 2. The first-order chi connectivity index (χ1) is 10.3. The van der Waals surface area contributed by atoms with E-state index in [0.29, 0.717) is 12.0 Å². The fraction of sp³-hybridized carbons (Fsp3) is 0.462. The molecule has 22 heavy (non-hydrogen) atoms. The number of rotatable bonds is 5. The molecule has 1 aromatic rings. The van der Waals surface area contributed by atoms with Crippen LogP contribution in [-0.4, -0.2) is 41.8 Å². The molecule has 1 aliphatic heterocycles. The van der Waals surface area contributed by atoms with Crippen molar-refractivity contribution in [2.45, 2.75) is 24.7 Å². The van der Waals surface area contributed by atoms with Crippen LogP contribution in [0.2, 0.25) is 0 Å². The van der Waals surface area contributed by atoms with Gasteiger partial charge in [-0.15, -0.1) is 0 Å². The van der Waals surface area contributed by atoms with Gasteiger partial charge in [0.1, 0.15) is 0 Å². The Morgan fingerprint density at radius 2 is 2.18 bits per heavy atom. The van der Waals surface area contributed by atoms with Gasteiger partial charge in [-0.3, -0.25) is 14.9 Å². The Morgan fingerprint density at radius 3 is 2.68 bits per heavy atom. The molecule has 0 amide bonds. The van der Waals surface area contributed by atoms with Gasteiger partial charge in [-0.25, -0.2) is 8.42 Å². The summed E-state index contributed by atoms with van der Waals surface area (Å²) in [6.07, 6.45) is 0.647. The second kappa shape index (κ2) is 6.01. The first-order valence-corrected chi connectivity index (χ1v) is 8.21. The zero-order chi connectivity index (χ0) is 16.5. The van der Waals surface area contributed by atoms with Crippen molar-refractivity contribution in [2.75, 3.05) is 13.1 Å². The minimum Gasteiger partial charge on any atom is -0.481 e. The van der Waals surface area contributed by atoms with Crippen LogP contribution in [0.3, 0.4) is 0 Å². The highest BCUT2D eigenvalue weighted by molar-refractivity contribution is 7.89. The summed E-state index contributed by atoms with van der Waals surface area (Å²) in [6.45, 7) is 1.75. The van der Waals surface area contributed by atoms with Gasteiger partial charge < -0.3 is 5.11 Å². The summed E-state index contributed by atoms with van der Waals surface area (Å²) >= 11 is 0. The lowest BCUT2D eigenvalue weighted by molar-refractivity contribution is -0.385. The molecular formula is C13H16N2O6S. The van der Waals surface area contributed by atoms with E-state index < -0.39 is 26.8 Å². The van der Waals surface area contributed by atoms with Gasteiger partial charge in [0, 0.05) is 25.2 Å². The molecule has 0 aromatic heterocycles. The Balaban J connectivity index is 2.43. The van der Waals surface area contributed by atoms with Gasteiger partial charge in [0.2, 0.25) is 10.0 Å². The summed E-state index contributed by atoms with van der Waals surface area (Å²) in [5.74, 6) is -1.77. The second-order valence-corrected chi connectivity index (χ2v) is 7.00. The van der Waals surface area contributed by atoms with Crippen LogP contribution >= 0.6 is 0 Å². The molecule has 1 aliphatic rings. The van der Waals surface area contributed by atoms with Crippen LogP contribution in [0, 0.1) is 16.0 Å². The van der Waals surface area contributed by atoms with Crippen LogP contribution in [0.1, 0.15) is 18.9 Å². The van der Waals surface area contributed by atoms with Crippen LogP contribution in [0.15, 0.2) is 23.1 Å². The molecule has 1 saturated heterocycles. The van der Waals surface area contributed by atoms with E-state index in [1.165, 1.54) is 12.1 Å². The molecule has 0 bridgehead atoms. The minimum absolute atomic E-state index is 0.102. The lowest BCUT2D eigenvalue weighted by Crippen LogP contribution is -2.30. The zero-order valence-corrected chi connectivity index (χ0v) is 12.7. The van der Waals surface area contributed by atoms with E-state index in [-0.39, 0.29) is 30.1 Å². The van der Waals surface area contributed by atoms with Gasteiger partial charge in [-0.2, -0.15) is 4.31 Å². The number of aliphatic carboxylic acids is 1. The molecule has 0 saturated carbocycles. The van der Waals surface area contributed by atoms with Crippen molar-refractivity contribution in [3.8, 4) is 0 Å². The average molecular weight is 328 g/mol. The number of hydrogen-bond acceptors (Lipinski definition) is 5. The van der Waals surface area contributed by atoms with Crippen LogP contribution in [-0.2, 0) is 21.2 Å². The molecule has 1 unspecified atom stereocenters. The van der Waals surface area contributed by atoms with E-state index in [2.05, 4.69) is 0 Å². The van der Waals surface area contributed by atoms with E-state index in [1.54, 1.807) is 6.92 Å². The van der Waals surface area contributed by atoms with E-state index in [1.807, 2.05) is 0 Å². The first kappa shape index (κ1) is 16.4. The number of non-ortho nitro benzene ring substituents is 1. The number of carboxylic acid groups (broad SMARTS) is 1. The topological polar surface area (TPSA) is 118 Å². The molecule has 1 atom stereocenters. The third-order valence-electron chi connectivity index (χ3n) is 3.76. The summed E-state index contributed by atoms with van der Waals surface area (Å²) in [6, 6.07) is 3.74. The lowest BCUT2D eigenvalue weighted by atomic mass is 10.1. The standard InChI is InChI=1S/C13H16N2O6S/c1-2-9-3-4-11(15(18)19)7-12(9)22(20,21)14-6-5-10(8-14)13(16)17/h3-4,7,10H,2,5-6,8H2,1H3,(H,16,17). The van der Waals surface area contributed by atoms with Crippen LogP contribution in [0.25, 0.3) is 0 Å². The predicted octanol–water partition coefficient (Wildman–Crippen LogP) is 1.25. The quantitative estimate of drug-likeness (QED) is 0.642. The Hall–Kier alpha value is -2.00. The van der Waals surface area contributed by atoms with Crippen molar-refractivity contribution in [1.29, 1.82) is 0 Å². The van der Waals surface area contributed by atoms with Crippen molar-refractivity contribution in [1.82, 2.24) is 4.31 Å². The number of aryl methyl sites for hydroxylation is 1. The van der Waals surface area contributed by atoms with Crippen LogP contribution < -0.4 is 0 Å². The van der Waals surface area contributed by atoms with E-state index >= 15 is 0 Å². The fourth-order valence-electron chi connectivity index (χ4n) is 2.48. The summed E-state index contributed by atoms with van der Waals surface area (Å²) in [5.41, 5.74) is 0.175. The minimum atomic E-state index is -3.94. The normalized spacial score (nSPS) is 19.2. The Bertz CT molecular complexity index is 715. The van der Waals surface area contributed by atoms with Gasteiger partial charge in [0.15, 0.2) is 0 Å². The molecule has 120 valence electrons. The molecule has 0 radical (unpaired) electrons. The second-order valence-electron chi connectivity index (χ2n) is 5.09. The molecule has 1 heterocycles. The van der Waals surface area contributed by atoms with Gasteiger partial charge in [-0.1, -0.05) is 13.0 Å². The van der Waals surface area contributed by atoms with Crippen LogP contribution in [0.4, 0.5) is 5.69 Å². The number of nitro benzene ring substituents is 1. The monoisotopic (exact) mass is 328 g/mol. The third kappa shape index (κ3) is 2.95. The smallest absolute Gasteiger partial charge is 0.307 e. The molecular weight excluding hydrogens is 312 g/mol. The molecule has 0 spiro atoms. The fourth-order valence-corrected chi connectivity index (χ4v) is 4.29. The van der Waals surface area contributed by atoms with Crippen LogP contribution in [0.5, 0.6) is 0 Å². The third-order valence-corrected chi connectivity index (χ3v) is 5.71.